The van der Waals surface area contributed by atoms with E-state index in [2.05, 4.69) is 13.5 Å². The van der Waals surface area contributed by atoms with Crippen LogP contribution in [0.4, 0.5) is 0 Å². The molecule has 0 aromatic carbocycles. The van der Waals surface area contributed by atoms with Gasteiger partial charge in [-0.1, -0.05) is 19.4 Å². The monoisotopic (exact) mass is 149 g/mol. The second kappa shape index (κ2) is 7.99. The smallest absolute Gasteiger partial charge is 0.00732 e. The lowest BCUT2D eigenvalue weighted by atomic mass is 10.1. The molecule has 0 heterocycles. The van der Waals surface area contributed by atoms with Gasteiger partial charge in [-0.25, -0.2) is 0 Å². The summed E-state index contributed by atoms with van der Waals surface area (Å²) in [5.41, 5.74) is 5.62. The van der Waals surface area contributed by atoms with Crippen LogP contribution in [0.5, 0.6) is 0 Å². The molecule has 9 heavy (non-hydrogen) atoms. The summed E-state index contributed by atoms with van der Waals surface area (Å²) >= 11 is 0. The van der Waals surface area contributed by atoms with Crippen LogP contribution >= 0.6 is 12.4 Å². The van der Waals surface area contributed by atoms with Crippen LogP contribution in [0, 0.1) is 0 Å². The summed E-state index contributed by atoms with van der Waals surface area (Å²) in [6.07, 6.45) is 5.12. The van der Waals surface area contributed by atoms with Crippen LogP contribution < -0.4 is 5.73 Å². The van der Waals surface area contributed by atoms with Gasteiger partial charge in [0.25, 0.3) is 0 Å². The summed E-state index contributed by atoms with van der Waals surface area (Å²) in [5.74, 6) is 0. The highest BCUT2D eigenvalue weighted by atomic mass is 35.5. The summed E-state index contributed by atoms with van der Waals surface area (Å²) in [6.45, 7) is 5.74. The van der Waals surface area contributed by atoms with Crippen molar-refractivity contribution in [2.45, 2.75) is 32.2 Å². The molecule has 0 fully saturated rings. The minimum Gasteiger partial charge on any atom is -0.327 e. The van der Waals surface area contributed by atoms with E-state index in [4.69, 9.17) is 5.73 Å². The zero-order valence-electron chi connectivity index (χ0n) is 5.97. The molecule has 0 aromatic rings. The summed E-state index contributed by atoms with van der Waals surface area (Å²) in [6, 6.07) is 0.345. The summed E-state index contributed by atoms with van der Waals surface area (Å²) in [5, 5.41) is 0. The van der Waals surface area contributed by atoms with Crippen molar-refractivity contribution in [3.8, 4) is 0 Å². The minimum atomic E-state index is 0. The predicted molar refractivity (Wildman–Crippen MR) is 44.9 cm³/mol. The Hall–Kier alpha value is -0.0100. The van der Waals surface area contributed by atoms with Gasteiger partial charge in [0.2, 0.25) is 0 Å². The second-order valence-electron chi connectivity index (χ2n) is 2.07. The molecule has 2 N–H and O–H groups in total. The van der Waals surface area contributed by atoms with E-state index < -0.39 is 0 Å². The largest absolute Gasteiger partial charge is 0.327 e. The summed E-state index contributed by atoms with van der Waals surface area (Å²) < 4.78 is 0. The van der Waals surface area contributed by atoms with Crippen molar-refractivity contribution in [3.05, 3.63) is 12.7 Å². The maximum atomic E-state index is 5.62. The van der Waals surface area contributed by atoms with Crippen LogP contribution in [0.1, 0.15) is 26.2 Å². The number of nitrogens with two attached hydrogens (primary N) is 1. The highest BCUT2D eigenvalue weighted by Crippen LogP contribution is 1.97. The van der Waals surface area contributed by atoms with E-state index in [-0.39, 0.29) is 12.4 Å². The predicted octanol–water partition coefficient (Wildman–Crippen LogP) is 2.11. The molecule has 0 aromatic heterocycles. The van der Waals surface area contributed by atoms with E-state index in [1.54, 1.807) is 0 Å². The van der Waals surface area contributed by atoms with E-state index in [1.165, 1.54) is 6.42 Å². The molecule has 0 aliphatic rings. The fraction of sp³-hybridized carbons (Fsp3) is 0.714. The minimum absolute atomic E-state index is 0. The molecule has 2 heteroatoms. The molecule has 0 bridgehead atoms. The zero-order chi connectivity index (χ0) is 6.41. The van der Waals surface area contributed by atoms with Crippen LogP contribution in [0.3, 0.4) is 0 Å². The zero-order valence-corrected chi connectivity index (χ0v) is 6.79. The Bertz CT molecular complexity index is 63.9. The highest BCUT2D eigenvalue weighted by Gasteiger charge is 1.94. The van der Waals surface area contributed by atoms with Crippen molar-refractivity contribution in [3.63, 3.8) is 0 Å². The van der Waals surface area contributed by atoms with Crippen LogP contribution in [0.15, 0.2) is 12.7 Å². The molecule has 1 atom stereocenters. The van der Waals surface area contributed by atoms with Crippen LogP contribution in [-0.2, 0) is 0 Å². The third-order valence-corrected chi connectivity index (χ3v) is 1.13. The van der Waals surface area contributed by atoms with Crippen molar-refractivity contribution in [1.82, 2.24) is 0 Å². The summed E-state index contributed by atoms with van der Waals surface area (Å²) in [4.78, 5) is 0. The highest BCUT2D eigenvalue weighted by molar-refractivity contribution is 5.85. The molecule has 0 saturated heterocycles. The first-order chi connectivity index (χ1) is 3.81. The Morgan fingerprint density at radius 2 is 2.22 bits per heavy atom. The fourth-order valence-corrected chi connectivity index (χ4v) is 0.703. The maximum Gasteiger partial charge on any atom is 0.00732 e. The van der Waals surface area contributed by atoms with Gasteiger partial charge in [-0.3, -0.25) is 0 Å². The molecule has 1 nitrogen and oxygen atoms in total. The van der Waals surface area contributed by atoms with Crippen molar-refractivity contribution in [2.75, 3.05) is 0 Å². The van der Waals surface area contributed by atoms with Crippen molar-refractivity contribution in [1.29, 1.82) is 0 Å². The average molecular weight is 150 g/mol. The van der Waals surface area contributed by atoms with Crippen LogP contribution in [-0.4, -0.2) is 6.04 Å². The topological polar surface area (TPSA) is 26.0 Å². The summed E-state index contributed by atoms with van der Waals surface area (Å²) in [7, 11) is 0. The van der Waals surface area contributed by atoms with Gasteiger partial charge >= 0.3 is 0 Å². The molecular weight excluding hydrogens is 134 g/mol. The first kappa shape index (κ1) is 11.7. The maximum absolute atomic E-state index is 5.62. The standard InChI is InChI=1S/C7H15N.ClH/c1-3-5-7(8)6-4-2;/h3,7H,1,4-6,8H2,2H3;1H. The normalized spacial score (nSPS) is 11.8. The van der Waals surface area contributed by atoms with E-state index in [1.807, 2.05) is 6.08 Å². The number of hydrogen-bond donors (Lipinski definition) is 1. The molecule has 1 unspecified atom stereocenters. The van der Waals surface area contributed by atoms with Gasteiger partial charge in [-0.15, -0.1) is 19.0 Å². The fourth-order valence-electron chi connectivity index (χ4n) is 0.703. The number of hydrogen-bond acceptors (Lipinski definition) is 1. The van der Waals surface area contributed by atoms with E-state index >= 15 is 0 Å². The van der Waals surface area contributed by atoms with Crippen molar-refractivity contribution in [2.24, 2.45) is 5.73 Å². The lowest BCUT2D eigenvalue weighted by Gasteiger charge is -2.04. The SMILES string of the molecule is C=CCC(N)CCC.Cl. The first-order valence-corrected chi connectivity index (χ1v) is 3.17. The van der Waals surface area contributed by atoms with Gasteiger partial charge < -0.3 is 5.73 Å². The lowest BCUT2D eigenvalue weighted by Crippen LogP contribution is -2.17. The molecule has 0 aliphatic carbocycles. The van der Waals surface area contributed by atoms with Gasteiger partial charge in [0.1, 0.15) is 0 Å². The van der Waals surface area contributed by atoms with Gasteiger partial charge in [-0.05, 0) is 12.8 Å². The average Bonchev–Trinajstić information content (AvgIpc) is 1.68. The quantitative estimate of drug-likeness (QED) is 0.609. The first-order valence-electron chi connectivity index (χ1n) is 3.17. The number of halogens is 1. The Kier molecular flexibility index (Phi) is 10.4. The third kappa shape index (κ3) is 7.99. The number of rotatable bonds is 4. The van der Waals surface area contributed by atoms with Crippen LogP contribution in [0.2, 0.25) is 0 Å². The van der Waals surface area contributed by atoms with Crippen molar-refractivity contribution >= 4 is 12.4 Å². The lowest BCUT2D eigenvalue weighted by molar-refractivity contribution is 0.611. The van der Waals surface area contributed by atoms with E-state index in [0.717, 1.165) is 12.8 Å². The van der Waals surface area contributed by atoms with E-state index in [0.29, 0.717) is 6.04 Å². The molecule has 0 saturated carbocycles. The van der Waals surface area contributed by atoms with Gasteiger partial charge in [0, 0.05) is 6.04 Å². The van der Waals surface area contributed by atoms with Gasteiger partial charge in [-0.2, -0.15) is 0 Å². The molecule has 56 valence electrons. The van der Waals surface area contributed by atoms with Crippen molar-refractivity contribution < 1.29 is 0 Å². The molecule has 0 radical (unpaired) electrons. The van der Waals surface area contributed by atoms with E-state index in [9.17, 15) is 0 Å². The molecule has 0 rings (SSSR count). The second-order valence-corrected chi connectivity index (χ2v) is 2.07. The Morgan fingerprint density at radius 3 is 2.56 bits per heavy atom. The molecule has 0 spiro atoms. The van der Waals surface area contributed by atoms with Gasteiger partial charge in [0.15, 0.2) is 0 Å². The van der Waals surface area contributed by atoms with Crippen LogP contribution in [0.25, 0.3) is 0 Å². The van der Waals surface area contributed by atoms with Gasteiger partial charge in [0.05, 0.1) is 0 Å². The Balaban J connectivity index is 0. The third-order valence-electron chi connectivity index (χ3n) is 1.13. The molecule has 0 aliphatic heterocycles. The molecule has 0 amide bonds. The molecular formula is C7H16ClN. The Labute approximate surface area is 63.7 Å². The Morgan fingerprint density at radius 1 is 1.67 bits per heavy atom.